The number of hydrogen-bond donors (Lipinski definition) is 3. The lowest BCUT2D eigenvalue weighted by molar-refractivity contribution is -0.117. The summed E-state index contributed by atoms with van der Waals surface area (Å²) in [4.78, 5) is 46.2. The molecule has 11 heteroatoms. The van der Waals surface area contributed by atoms with Gasteiger partial charge in [0.05, 0.1) is 29.6 Å². The largest absolute Gasteiger partial charge is 0.494 e. The number of benzene rings is 1. The van der Waals surface area contributed by atoms with Crippen LogP contribution in [0.1, 0.15) is 27.3 Å². The Balaban J connectivity index is 1.49. The van der Waals surface area contributed by atoms with Crippen molar-refractivity contribution in [2.24, 2.45) is 5.92 Å². The predicted molar refractivity (Wildman–Crippen MR) is 137 cm³/mol. The molecule has 3 aromatic heterocycles. The number of nitrogens with one attached hydrogen (secondary N) is 3. The van der Waals surface area contributed by atoms with Gasteiger partial charge in [-0.05, 0) is 25.0 Å². The fourth-order valence-electron chi connectivity index (χ4n) is 3.69. The van der Waals surface area contributed by atoms with Crippen molar-refractivity contribution in [2.45, 2.75) is 12.8 Å². The van der Waals surface area contributed by atoms with E-state index in [0.717, 1.165) is 24.0 Å². The number of anilines is 3. The lowest BCUT2D eigenvalue weighted by Gasteiger charge is -2.17. The zero-order valence-corrected chi connectivity index (χ0v) is 19.7. The molecule has 3 N–H and O–H groups in total. The summed E-state index contributed by atoms with van der Waals surface area (Å²) in [6.07, 6.45) is 10.9. The summed E-state index contributed by atoms with van der Waals surface area (Å²) in [6, 6.07) is 6.71. The van der Waals surface area contributed by atoms with Crippen molar-refractivity contribution in [1.29, 1.82) is 0 Å². The van der Waals surface area contributed by atoms with E-state index in [9.17, 15) is 9.59 Å². The molecule has 0 atom stereocenters. The van der Waals surface area contributed by atoms with Crippen molar-refractivity contribution >= 4 is 29.0 Å². The maximum absolute atomic E-state index is 12.8. The number of carbonyl (C=O) groups excluding carboxylic acids is 2. The van der Waals surface area contributed by atoms with Crippen molar-refractivity contribution < 1.29 is 18.4 Å². The lowest BCUT2D eigenvalue weighted by atomic mass is 10.1. The van der Waals surface area contributed by atoms with Crippen molar-refractivity contribution in [3.63, 3.8) is 0 Å². The SMILES string of the molecule is [2H]C([2H])([2H])NC(=O)c1cnc(NC(=O)C2CC2)cc1Nc1cccc(-c2ncc(-c3cncnc3)cn2)c1OC. The molecule has 0 bridgehead atoms. The summed E-state index contributed by atoms with van der Waals surface area (Å²) < 4.78 is 27.9. The Bertz CT molecular complexity index is 1550. The summed E-state index contributed by atoms with van der Waals surface area (Å²) in [5.41, 5.74) is 2.67. The van der Waals surface area contributed by atoms with Crippen LogP contribution in [-0.4, -0.2) is 50.8 Å². The van der Waals surface area contributed by atoms with E-state index in [1.807, 2.05) is 5.32 Å². The maximum atomic E-state index is 12.8. The third-order valence-corrected chi connectivity index (χ3v) is 5.74. The Labute approximate surface area is 217 Å². The molecule has 3 heterocycles. The predicted octanol–water partition coefficient (Wildman–Crippen LogP) is 3.46. The van der Waals surface area contributed by atoms with Gasteiger partial charge < -0.3 is 20.7 Å². The summed E-state index contributed by atoms with van der Waals surface area (Å²) in [6.45, 7) is -2.71. The van der Waals surface area contributed by atoms with E-state index < -0.39 is 12.9 Å². The van der Waals surface area contributed by atoms with E-state index in [1.165, 1.54) is 25.7 Å². The Morgan fingerprint density at radius 1 is 1.00 bits per heavy atom. The molecule has 0 unspecified atom stereocenters. The van der Waals surface area contributed by atoms with Gasteiger partial charge in [0.25, 0.3) is 5.91 Å². The number of methoxy groups -OCH3 is 1. The second-order valence-corrected chi connectivity index (χ2v) is 8.27. The van der Waals surface area contributed by atoms with E-state index in [-0.39, 0.29) is 28.9 Å². The minimum Gasteiger partial charge on any atom is -0.494 e. The van der Waals surface area contributed by atoms with Gasteiger partial charge in [-0.15, -0.1) is 0 Å². The van der Waals surface area contributed by atoms with Crippen molar-refractivity contribution in [2.75, 3.05) is 24.7 Å². The fourth-order valence-corrected chi connectivity index (χ4v) is 3.69. The number of hydrogen-bond acceptors (Lipinski definition) is 9. The van der Waals surface area contributed by atoms with Crippen LogP contribution in [0.5, 0.6) is 5.75 Å². The third-order valence-electron chi connectivity index (χ3n) is 5.74. The molecule has 0 aliphatic heterocycles. The average molecular weight is 500 g/mol. The summed E-state index contributed by atoms with van der Waals surface area (Å²) in [7, 11) is 1.48. The number of rotatable bonds is 8. The molecule has 4 aromatic rings. The monoisotopic (exact) mass is 499 g/mol. The molecule has 1 saturated carbocycles. The third kappa shape index (κ3) is 5.20. The lowest BCUT2D eigenvalue weighted by Crippen LogP contribution is -2.20. The zero-order chi connectivity index (χ0) is 28.3. The van der Waals surface area contributed by atoms with Crippen molar-refractivity contribution in [1.82, 2.24) is 30.2 Å². The molecule has 0 saturated heterocycles. The Hall–Kier alpha value is -4.93. The highest BCUT2D eigenvalue weighted by Crippen LogP contribution is 2.38. The quantitative estimate of drug-likeness (QED) is 0.332. The molecule has 37 heavy (non-hydrogen) atoms. The van der Waals surface area contributed by atoms with Gasteiger partial charge in [0.1, 0.15) is 12.1 Å². The molecular formula is C26H24N8O3. The van der Waals surface area contributed by atoms with Crippen LogP contribution in [0.25, 0.3) is 22.5 Å². The molecule has 5 rings (SSSR count). The minimum atomic E-state index is -2.71. The first-order chi connectivity index (χ1) is 19.2. The van der Waals surface area contributed by atoms with E-state index in [1.54, 1.807) is 43.0 Å². The smallest absolute Gasteiger partial charge is 0.254 e. The van der Waals surface area contributed by atoms with Gasteiger partial charge in [0, 0.05) is 65.2 Å². The van der Waals surface area contributed by atoms with Gasteiger partial charge in [-0.2, -0.15) is 0 Å². The van der Waals surface area contributed by atoms with Crippen molar-refractivity contribution in [3.8, 4) is 28.3 Å². The molecule has 0 spiro atoms. The van der Waals surface area contributed by atoms with Crippen LogP contribution in [-0.2, 0) is 4.79 Å². The Kier molecular flexibility index (Phi) is 5.68. The highest BCUT2D eigenvalue weighted by Gasteiger charge is 2.30. The molecule has 1 aliphatic rings. The van der Waals surface area contributed by atoms with Gasteiger partial charge >= 0.3 is 0 Å². The highest BCUT2D eigenvalue weighted by molar-refractivity contribution is 6.01. The topological polar surface area (TPSA) is 144 Å². The van der Waals surface area contributed by atoms with Gasteiger partial charge in [-0.3, -0.25) is 9.59 Å². The molecule has 1 aromatic carbocycles. The van der Waals surface area contributed by atoms with Crippen LogP contribution < -0.4 is 20.7 Å². The number of para-hydroxylation sites is 1. The summed E-state index contributed by atoms with van der Waals surface area (Å²) in [5.74, 6) is -0.123. The molecule has 0 radical (unpaired) electrons. The second kappa shape index (κ2) is 10.4. The van der Waals surface area contributed by atoms with Gasteiger partial charge in [0.15, 0.2) is 11.6 Å². The first-order valence-electron chi connectivity index (χ1n) is 12.9. The molecule has 1 fully saturated rings. The van der Waals surface area contributed by atoms with Crippen LogP contribution in [0.15, 0.2) is 61.6 Å². The standard InChI is InChI=1S/C26H24N8O3/c1-27-26(36)19-13-30-22(34-25(35)15-6-7-15)8-21(19)33-20-5-3-4-18(23(20)37-2)24-31-11-17(12-32-24)16-9-28-14-29-10-16/h3-5,8-15H,6-7H2,1-2H3,(H,27,36)(H2,30,33,34,35)/i1D3. The average Bonchev–Trinajstić information content (AvgIpc) is 3.79. The Morgan fingerprint density at radius 3 is 2.46 bits per heavy atom. The van der Waals surface area contributed by atoms with E-state index in [0.29, 0.717) is 22.8 Å². The second-order valence-electron chi connectivity index (χ2n) is 8.27. The number of pyridine rings is 1. The first kappa shape index (κ1) is 20.3. The van der Waals surface area contributed by atoms with Crippen LogP contribution in [0.3, 0.4) is 0 Å². The molecular weight excluding hydrogens is 472 g/mol. The van der Waals surface area contributed by atoms with Crippen LogP contribution >= 0.6 is 0 Å². The Morgan fingerprint density at radius 2 is 1.76 bits per heavy atom. The fraction of sp³-hybridized carbons (Fsp3) is 0.192. The molecule has 1 aliphatic carbocycles. The van der Waals surface area contributed by atoms with Crippen LogP contribution in [0.2, 0.25) is 0 Å². The molecule has 186 valence electrons. The van der Waals surface area contributed by atoms with Crippen LogP contribution in [0.4, 0.5) is 17.2 Å². The first-order valence-corrected chi connectivity index (χ1v) is 11.4. The minimum absolute atomic E-state index is 0.0429. The zero-order valence-electron chi connectivity index (χ0n) is 22.7. The van der Waals surface area contributed by atoms with E-state index in [2.05, 4.69) is 35.6 Å². The van der Waals surface area contributed by atoms with Gasteiger partial charge in [-0.25, -0.2) is 24.9 Å². The summed E-state index contributed by atoms with van der Waals surface area (Å²) in [5, 5.41) is 7.84. The molecule has 2 amide bonds. The van der Waals surface area contributed by atoms with E-state index in [4.69, 9.17) is 8.85 Å². The van der Waals surface area contributed by atoms with Gasteiger partial charge in [0.2, 0.25) is 5.91 Å². The normalized spacial score (nSPS) is 14.0. The number of nitrogens with zero attached hydrogens (tertiary/aromatic N) is 5. The number of aromatic nitrogens is 5. The molecule has 11 nitrogen and oxygen atoms in total. The number of carbonyl (C=O) groups is 2. The van der Waals surface area contributed by atoms with Gasteiger partial charge in [-0.1, -0.05) is 6.07 Å². The number of amides is 2. The van der Waals surface area contributed by atoms with Crippen molar-refractivity contribution in [3.05, 3.63) is 67.1 Å². The number of ether oxygens (including phenoxy) is 1. The summed E-state index contributed by atoms with van der Waals surface area (Å²) >= 11 is 0. The van der Waals surface area contributed by atoms with E-state index >= 15 is 0 Å². The maximum Gasteiger partial charge on any atom is 0.254 e. The van der Waals surface area contributed by atoms with Crippen LogP contribution in [0, 0.1) is 5.92 Å². The highest BCUT2D eigenvalue weighted by atomic mass is 16.5.